The first-order valence-electron chi connectivity index (χ1n) is 6.26. The smallest absolute Gasteiger partial charge is 0.363 e. The van der Waals surface area contributed by atoms with E-state index in [1.807, 2.05) is 24.3 Å². The molecule has 0 amide bonds. The van der Waals surface area contributed by atoms with Gasteiger partial charge < -0.3 is 4.74 Å². The molecule has 0 aliphatic carbocycles. The molecule has 6 heteroatoms. The van der Waals surface area contributed by atoms with Crippen LogP contribution in [0.5, 0.6) is 0 Å². The average molecular weight is 397 g/mol. The van der Waals surface area contributed by atoms with Crippen LogP contribution in [0.2, 0.25) is 10.0 Å². The number of nitrogens with zero attached hydrogens (tertiary/aromatic N) is 1. The normalized spacial score (nSPS) is 15.9. The lowest BCUT2D eigenvalue weighted by Crippen LogP contribution is -2.05. The number of benzene rings is 2. The Morgan fingerprint density at radius 2 is 1.82 bits per heavy atom. The zero-order valence-electron chi connectivity index (χ0n) is 11.0. The second-order valence-corrected chi connectivity index (χ2v) is 6.27. The topological polar surface area (TPSA) is 38.7 Å². The van der Waals surface area contributed by atoms with Crippen molar-refractivity contribution in [3.8, 4) is 0 Å². The number of esters is 1. The molecule has 0 N–H and O–H groups in total. The van der Waals surface area contributed by atoms with E-state index in [-0.39, 0.29) is 11.6 Å². The standard InChI is InChI=1S/C16H8BrCl2NO2/c17-10-3-1-9(2-4-10)7-14-16(21)22-15(20-14)12-6-5-11(18)8-13(12)19/h1-8H/b14-7+. The minimum absolute atomic E-state index is 0.176. The molecule has 0 spiro atoms. The Bertz CT molecular complexity index is 813. The fourth-order valence-corrected chi connectivity index (χ4v) is 2.66. The highest BCUT2D eigenvalue weighted by atomic mass is 79.9. The molecule has 3 nitrogen and oxygen atoms in total. The highest BCUT2D eigenvalue weighted by Crippen LogP contribution is 2.26. The molecule has 0 aromatic heterocycles. The van der Waals surface area contributed by atoms with Crippen LogP contribution in [0.4, 0.5) is 0 Å². The van der Waals surface area contributed by atoms with Crippen molar-refractivity contribution in [3.63, 3.8) is 0 Å². The summed E-state index contributed by atoms with van der Waals surface area (Å²) in [6, 6.07) is 12.4. The van der Waals surface area contributed by atoms with Gasteiger partial charge in [-0.2, -0.15) is 0 Å². The van der Waals surface area contributed by atoms with Crippen LogP contribution in [0.25, 0.3) is 6.08 Å². The third kappa shape index (κ3) is 3.24. The van der Waals surface area contributed by atoms with E-state index >= 15 is 0 Å². The maximum absolute atomic E-state index is 11.9. The van der Waals surface area contributed by atoms with Crippen LogP contribution in [0.15, 0.2) is 57.6 Å². The van der Waals surface area contributed by atoms with Gasteiger partial charge in [0.25, 0.3) is 0 Å². The van der Waals surface area contributed by atoms with Gasteiger partial charge in [-0.25, -0.2) is 9.79 Å². The number of aliphatic imine (C=N–C) groups is 1. The van der Waals surface area contributed by atoms with Crippen LogP contribution in [-0.4, -0.2) is 11.9 Å². The summed E-state index contributed by atoms with van der Waals surface area (Å²) in [5, 5.41) is 0.883. The Labute approximate surface area is 145 Å². The first-order valence-corrected chi connectivity index (χ1v) is 7.81. The summed E-state index contributed by atoms with van der Waals surface area (Å²) in [4.78, 5) is 16.1. The van der Waals surface area contributed by atoms with Crippen LogP contribution >= 0.6 is 39.1 Å². The van der Waals surface area contributed by atoms with E-state index in [1.54, 1.807) is 24.3 Å². The number of rotatable bonds is 2. The highest BCUT2D eigenvalue weighted by molar-refractivity contribution is 9.10. The third-order valence-corrected chi connectivity index (χ3v) is 4.03. The molecule has 0 bridgehead atoms. The Balaban J connectivity index is 1.96. The van der Waals surface area contributed by atoms with E-state index in [2.05, 4.69) is 20.9 Å². The van der Waals surface area contributed by atoms with Crippen molar-refractivity contribution < 1.29 is 9.53 Å². The van der Waals surface area contributed by atoms with Crippen LogP contribution in [-0.2, 0) is 9.53 Å². The molecule has 1 aliphatic rings. The van der Waals surface area contributed by atoms with Gasteiger partial charge in [0.1, 0.15) is 0 Å². The zero-order chi connectivity index (χ0) is 15.7. The van der Waals surface area contributed by atoms with E-state index in [4.69, 9.17) is 27.9 Å². The average Bonchev–Trinajstić information content (AvgIpc) is 2.82. The molecule has 22 heavy (non-hydrogen) atoms. The van der Waals surface area contributed by atoms with Crippen molar-refractivity contribution in [2.24, 2.45) is 4.99 Å². The second-order valence-electron chi connectivity index (χ2n) is 4.51. The Kier molecular flexibility index (Phi) is 4.34. The SMILES string of the molecule is O=C1OC(c2ccc(Cl)cc2Cl)=N/C1=C/c1ccc(Br)cc1. The van der Waals surface area contributed by atoms with Crippen molar-refractivity contribution in [1.82, 2.24) is 0 Å². The van der Waals surface area contributed by atoms with Crippen LogP contribution < -0.4 is 0 Å². The second kappa shape index (κ2) is 6.24. The van der Waals surface area contributed by atoms with E-state index in [0.29, 0.717) is 15.6 Å². The van der Waals surface area contributed by atoms with Gasteiger partial charge >= 0.3 is 5.97 Å². The number of carbonyl (C=O) groups excluding carboxylic acids is 1. The number of ether oxygens (including phenoxy) is 1. The molecular weight excluding hydrogens is 389 g/mol. The van der Waals surface area contributed by atoms with E-state index in [1.165, 1.54) is 0 Å². The summed E-state index contributed by atoms with van der Waals surface area (Å²) in [5.74, 6) is -0.334. The molecule has 2 aromatic rings. The molecule has 0 atom stereocenters. The lowest BCUT2D eigenvalue weighted by atomic mass is 10.2. The van der Waals surface area contributed by atoms with E-state index < -0.39 is 5.97 Å². The molecule has 0 fully saturated rings. The van der Waals surface area contributed by atoms with Crippen molar-refractivity contribution >= 4 is 57.1 Å². The predicted octanol–water partition coefficient (Wildman–Crippen LogP) is 5.10. The molecule has 0 saturated heterocycles. The first kappa shape index (κ1) is 15.3. The largest absolute Gasteiger partial charge is 0.402 e. The number of hydrogen-bond donors (Lipinski definition) is 0. The molecule has 1 aliphatic heterocycles. The number of hydrogen-bond acceptors (Lipinski definition) is 3. The summed E-state index contributed by atoms with van der Waals surface area (Å²) >= 11 is 15.3. The van der Waals surface area contributed by atoms with Crippen molar-refractivity contribution in [3.05, 3.63) is 73.8 Å². The number of cyclic esters (lactones) is 1. The van der Waals surface area contributed by atoms with E-state index in [0.717, 1.165) is 10.0 Å². The Morgan fingerprint density at radius 3 is 2.50 bits per heavy atom. The summed E-state index contributed by atoms with van der Waals surface area (Å²) < 4.78 is 6.14. The lowest BCUT2D eigenvalue weighted by Gasteiger charge is -2.02. The van der Waals surface area contributed by atoms with Gasteiger partial charge in [0.2, 0.25) is 5.90 Å². The van der Waals surface area contributed by atoms with Gasteiger partial charge in [-0.3, -0.25) is 0 Å². The van der Waals surface area contributed by atoms with Gasteiger partial charge in [-0.05, 0) is 42.0 Å². The molecule has 0 radical (unpaired) electrons. The van der Waals surface area contributed by atoms with Crippen molar-refractivity contribution in [1.29, 1.82) is 0 Å². The fraction of sp³-hybridized carbons (Fsp3) is 0. The predicted molar refractivity (Wildman–Crippen MR) is 91.2 cm³/mol. The minimum atomic E-state index is -0.510. The quantitative estimate of drug-likeness (QED) is 0.523. The minimum Gasteiger partial charge on any atom is -0.402 e. The summed E-state index contributed by atoms with van der Waals surface area (Å²) in [7, 11) is 0. The monoisotopic (exact) mass is 395 g/mol. The molecule has 1 heterocycles. The van der Waals surface area contributed by atoms with Crippen molar-refractivity contribution in [2.45, 2.75) is 0 Å². The van der Waals surface area contributed by atoms with Gasteiger partial charge in [0, 0.05) is 9.50 Å². The Hall–Kier alpha value is -1.62. The zero-order valence-corrected chi connectivity index (χ0v) is 14.1. The van der Waals surface area contributed by atoms with Crippen molar-refractivity contribution in [2.75, 3.05) is 0 Å². The highest BCUT2D eigenvalue weighted by Gasteiger charge is 2.25. The van der Waals surface area contributed by atoms with Crippen LogP contribution in [0, 0.1) is 0 Å². The fourth-order valence-electron chi connectivity index (χ4n) is 1.90. The van der Waals surface area contributed by atoms with Crippen LogP contribution in [0.1, 0.15) is 11.1 Å². The molecule has 2 aromatic carbocycles. The molecule has 0 saturated carbocycles. The molecule has 110 valence electrons. The molecule has 0 unspecified atom stereocenters. The van der Waals surface area contributed by atoms with Gasteiger partial charge in [-0.1, -0.05) is 51.3 Å². The lowest BCUT2D eigenvalue weighted by molar-refractivity contribution is -0.129. The van der Waals surface area contributed by atoms with E-state index in [9.17, 15) is 4.79 Å². The number of halogens is 3. The summed E-state index contributed by atoms with van der Waals surface area (Å²) in [6.45, 7) is 0. The van der Waals surface area contributed by atoms with Crippen LogP contribution in [0.3, 0.4) is 0 Å². The Morgan fingerprint density at radius 1 is 1.09 bits per heavy atom. The third-order valence-electron chi connectivity index (χ3n) is 2.96. The van der Waals surface area contributed by atoms with Gasteiger partial charge in [0.15, 0.2) is 5.70 Å². The first-order chi connectivity index (χ1) is 10.5. The molecular formula is C16H8BrCl2NO2. The van der Waals surface area contributed by atoms with Gasteiger partial charge in [-0.15, -0.1) is 0 Å². The maximum Gasteiger partial charge on any atom is 0.363 e. The maximum atomic E-state index is 11.9. The van der Waals surface area contributed by atoms with Gasteiger partial charge in [0.05, 0.1) is 10.6 Å². The summed E-state index contributed by atoms with van der Waals surface area (Å²) in [6.07, 6.45) is 1.66. The molecule has 3 rings (SSSR count). The number of carbonyl (C=O) groups is 1. The summed E-state index contributed by atoms with van der Waals surface area (Å²) in [5.41, 5.74) is 1.60.